The van der Waals surface area contributed by atoms with Gasteiger partial charge in [-0.1, -0.05) is 15.9 Å². The summed E-state index contributed by atoms with van der Waals surface area (Å²) >= 11 is 5.38. The van der Waals surface area contributed by atoms with Crippen LogP contribution in [0.1, 0.15) is 24.5 Å². The normalized spacial score (nSPS) is 12.5. The molecule has 1 rings (SSSR count). The molecule has 1 unspecified atom stereocenters. The highest BCUT2D eigenvalue weighted by Crippen LogP contribution is 2.29. The number of hydrogen-bond donors (Lipinski definition) is 1. The standard InChI is InChI=1S/C14H22BrNOS/c1-10-7-13(15)9-12(8-11(2)16)14(10)17-5-4-6-18-3/h7,9,11H,4-6,8,16H2,1-3H3. The third-order valence-electron chi connectivity index (χ3n) is 2.60. The first-order valence-electron chi connectivity index (χ1n) is 6.21. The molecule has 0 aliphatic heterocycles. The van der Waals surface area contributed by atoms with E-state index >= 15 is 0 Å². The van der Waals surface area contributed by atoms with Gasteiger partial charge in [0, 0.05) is 10.5 Å². The van der Waals surface area contributed by atoms with Gasteiger partial charge >= 0.3 is 0 Å². The van der Waals surface area contributed by atoms with Crippen LogP contribution in [0.25, 0.3) is 0 Å². The average Bonchev–Trinajstić information content (AvgIpc) is 2.26. The van der Waals surface area contributed by atoms with Crippen molar-refractivity contribution in [3.8, 4) is 5.75 Å². The Morgan fingerprint density at radius 3 is 2.78 bits per heavy atom. The van der Waals surface area contributed by atoms with Crippen LogP contribution in [0.4, 0.5) is 0 Å². The van der Waals surface area contributed by atoms with Crippen molar-refractivity contribution in [2.75, 3.05) is 18.6 Å². The highest BCUT2D eigenvalue weighted by Gasteiger charge is 2.10. The van der Waals surface area contributed by atoms with Crippen LogP contribution in [0.5, 0.6) is 5.75 Å². The van der Waals surface area contributed by atoms with Gasteiger partial charge in [-0.15, -0.1) is 0 Å². The molecule has 1 aromatic rings. The van der Waals surface area contributed by atoms with E-state index in [9.17, 15) is 0 Å². The first kappa shape index (κ1) is 15.9. The number of nitrogens with two attached hydrogens (primary N) is 1. The number of thioether (sulfide) groups is 1. The van der Waals surface area contributed by atoms with Crippen molar-refractivity contribution in [1.82, 2.24) is 0 Å². The first-order chi connectivity index (χ1) is 8.54. The van der Waals surface area contributed by atoms with Gasteiger partial charge in [-0.25, -0.2) is 0 Å². The summed E-state index contributed by atoms with van der Waals surface area (Å²) in [7, 11) is 0. The highest BCUT2D eigenvalue weighted by molar-refractivity contribution is 9.10. The number of hydrogen-bond acceptors (Lipinski definition) is 3. The van der Waals surface area contributed by atoms with Gasteiger partial charge in [-0.3, -0.25) is 0 Å². The van der Waals surface area contributed by atoms with Gasteiger partial charge < -0.3 is 10.5 Å². The lowest BCUT2D eigenvalue weighted by atomic mass is 10.0. The Labute approximate surface area is 123 Å². The molecule has 1 aromatic carbocycles. The van der Waals surface area contributed by atoms with Crippen molar-refractivity contribution in [2.24, 2.45) is 5.73 Å². The molecule has 0 heterocycles. The van der Waals surface area contributed by atoms with E-state index in [2.05, 4.69) is 41.2 Å². The summed E-state index contributed by atoms with van der Waals surface area (Å²) < 4.78 is 7.03. The molecular weight excluding hydrogens is 310 g/mol. The van der Waals surface area contributed by atoms with Crippen LogP contribution < -0.4 is 10.5 Å². The molecule has 0 radical (unpaired) electrons. The lowest BCUT2D eigenvalue weighted by molar-refractivity contribution is 0.312. The van der Waals surface area contributed by atoms with E-state index in [1.54, 1.807) is 0 Å². The van der Waals surface area contributed by atoms with E-state index < -0.39 is 0 Å². The fourth-order valence-corrected chi connectivity index (χ4v) is 2.91. The molecule has 2 nitrogen and oxygen atoms in total. The molecule has 0 aliphatic rings. The third-order valence-corrected chi connectivity index (χ3v) is 3.75. The topological polar surface area (TPSA) is 35.2 Å². The Bertz CT molecular complexity index is 382. The molecule has 4 heteroatoms. The minimum absolute atomic E-state index is 0.146. The highest BCUT2D eigenvalue weighted by atomic mass is 79.9. The zero-order valence-electron chi connectivity index (χ0n) is 11.3. The van der Waals surface area contributed by atoms with Gasteiger partial charge in [0.1, 0.15) is 5.75 Å². The third kappa shape index (κ3) is 5.21. The molecule has 0 fully saturated rings. The number of halogens is 1. The minimum Gasteiger partial charge on any atom is -0.493 e. The summed E-state index contributed by atoms with van der Waals surface area (Å²) in [6.07, 6.45) is 4.04. The fraction of sp³-hybridized carbons (Fsp3) is 0.571. The zero-order valence-corrected chi connectivity index (χ0v) is 13.7. The smallest absolute Gasteiger partial charge is 0.125 e. The number of benzene rings is 1. The predicted molar refractivity (Wildman–Crippen MR) is 84.7 cm³/mol. The fourth-order valence-electron chi connectivity index (χ4n) is 1.88. The molecule has 1 atom stereocenters. The molecule has 102 valence electrons. The lowest BCUT2D eigenvalue weighted by Crippen LogP contribution is -2.18. The Balaban J connectivity index is 2.79. The van der Waals surface area contributed by atoms with E-state index in [1.807, 2.05) is 18.7 Å². The van der Waals surface area contributed by atoms with E-state index in [-0.39, 0.29) is 6.04 Å². The van der Waals surface area contributed by atoms with E-state index in [0.717, 1.165) is 35.4 Å². The van der Waals surface area contributed by atoms with Crippen molar-refractivity contribution in [3.05, 3.63) is 27.7 Å². The number of ether oxygens (including phenoxy) is 1. The number of rotatable bonds is 7. The monoisotopic (exact) mass is 331 g/mol. The Hall–Kier alpha value is -0.190. The van der Waals surface area contributed by atoms with Crippen LogP contribution in [0.15, 0.2) is 16.6 Å². The van der Waals surface area contributed by atoms with Crippen molar-refractivity contribution in [3.63, 3.8) is 0 Å². The molecule has 0 bridgehead atoms. The maximum atomic E-state index is 5.94. The van der Waals surface area contributed by atoms with Crippen molar-refractivity contribution in [2.45, 2.75) is 32.7 Å². The summed E-state index contributed by atoms with van der Waals surface area (Å²) in [5.41, 5.74) is 8.26. The Morgan fingerprint density at radius 2 is 2.17 bits per heavy atom. The summed E-state index contributed by atoms with van der Waals surface area (Å²) in [6.45, 7) is 4.88. The summed E-state index contributed by atoms with van der Waals surface area (Å²) in [5.74, 6) is 2.15. The molecule has 2 N–H and O–H groups in total. The molecule has 0 spiro atoms. The molecule has 0 saturated carbocycles. The van der Waals surface area contributed by atoms with Crippen LogP contribution >= 0.6 is 27.7 Å². The largest absolute Gasteiger partial charge is 0.493 e. The Morgan fingerprint density at radius 1 is 1.44 bits per heavy atom. The van der Waals surface area contributed by atoms with Crippen LogP contribution in [0, 0.1) is 6.92 Å². The minimum atomic E-state index is 0.146. The van der Waals surface area contributed by atoms with Gasteiger partial charge in [0.2, 0.25) is 0 Å². The van der Waals surface area contributed by atoms with Gasteiger partial charge in [0.05, 0.1) is 6.61 Å². The second-order valence-corrected chi connectivity index (χ2v) is 6.49. The maximum Gasteiger partial charge on any atom is 0.125 e. The van der Waals surface area contributed by atoms with Crippen molar-refractivity contribution in [1.29, 1.82) is 0 Å². The second-order valence-electron chi connectivity index (χ2n) is 4.59. The SMILES string of the molecule is CSCCCOc1c(C)cc(Br)cc1CC(C)N. The van der Waals surface area contributed by atoms with E-state index in [4.69, 9.17) is 10.5 Å². The van der Waals surface area contributed by atoms with Crippen LogP contribution in [-0.4, -0.2) is 24.7 Å². The van der Waals surface area contributed by atoms with Crippen LogP contribution in [0.3, 0.4) is 0 Å². The van der Waals surface area contributed by atoms with E-state index in [1.165, 1.54) is 11.1 Å². The zero-order chi connectivity index (χ0) is 13.5. The molecule has 0 amide bonds. The van der Waals surface area contributed by atoms with Crippen molar-refractivity contribution >= 4 is 27.7 Å². The molecule has 0 aromatic heterocycles. The molecule has 0 saturated heterocycles. The average molecular weight is 332 g/mol. The van der Waals surface area contributed by atoms with Crippen molar-refractivity contribution < 1.29 is 4.74 Å². The van der Waals surface area contributed by atoms with Gasteiger partial charge in [-0.2, -0.15) is 11.8 Å². The van der Waals surface area contributed by atoms with Gasteiger partial charge in [0.25, 0.3) is 0 Å². The summed E-state index contributed by atoms with van der Waals surface area (Å²) in [4.78, 5) is 0. The van der Waals surface area contributed by atoms with E-state index in [0.29, 0.717) is 0 Å². The van der Waals surface area contributed by atoms with Gasteiger partial charge in [0.15, 0.2) is 0 Å². The molecular formula is C14H22BrNOS. The van der Waals surface area contributed by atoms with Crippen LogP contribution in [-0.2, 0) is 6.42 Å². The summed E-state index contributed by atoms with van der Waals surface area (Å²) in [5, 5.41) is 0. The lowest BCUT2D eigenvalue weighted by Gasteiger charge is -2.16. The van der Waals surface area contributed by atoms with Gasteiger partial charge in [-0.05, 0) is 62.0 Å². The molecule has 0 aliphatic carbocycles. The Kier molecular flexibility index (Phi) is 7.12. The number of aryl methyl sites for hydroxylation is 1. The molecule has 18 heavy (non-hydrogen) atoms. The maximum absolute atomic E-state index is 5.94. The summed E-state index contributed by atoms with van der Waals surface area (Å²) in [6, 6.07) is 4.35. The van der Waals surface area contributed by atoms with Crippen LogP contribution in [0.2, 0.25) is 0 Å². The quantitative estimate of drug-likeness (QED) is 0.772. The second kappa shape index (κ2) is 8.08. The first-order valence-corrected chi connectivity index (χ1v) is 8.39. The predicted octanol–water partition coefficient (Wildman–Crippen LogP) is 3.78.